The molecule has 0 aliphatic rings. The molecule has 0 saturated carbocycles. The molecule has 0 atom stereocenters. The number of nitrogens with zero attached hydrogens (tertiary/aromatic N) is 2. The smallest absolute Gasteiger partial charge is 0.339 e. The van der Waals surface area contributed by atoms with Gasteiger partial charge in [-0.3, -0.25) is 4.79 Å². The van der Waals surface area contributed by atoms with Gasteiger partial charge < -0.3 is 19.3 Å². The Morgan fingerprint density at radius 1 is 1.18 bits per heavy atom. The van der Waals surface area contributed by atoms with E-state index in [2.05, 4.69) is 20.2 Å². The Bertz CT molecular complexity index is 1000. The third kappa shape index (κ3) is 4.66. The number of carbonyl (C=O) groups is 2. The third-order valence-electron chi connectivity index (χ3n) is 3.68. The van der Waals surface area contributed by atoms with Gasteiger partial charge in [-0.15, -0.1) is 0 Å². The van der Waals surface area contributed by atoms with Gasteiger partial charge in [0.05, 0.1) is 17.7 Å². The van der Waals surface area contributed by atoms with E-state index in [9.17, 15) is 9.59 Å². The molecule has 28 heavy (non-hydrogen) atoms. The Balaban J connectivity index is 1.64. The van der Waals surface area contributed by atoms with Crippen LogP contribution < -0.4 is 10.1 Å². The highest BCUT2D eigenvalue weighted by Gasteiger charge is 2.13. The van der Waals surface area contributed by atoms with Gasteiger partial charge in [-0.25, -0.2) is 4.79 Å². The Hall–Kier alpha value is -3.39. The minimum atomic E-state index is -0.584. The van der Waals surface area contributed by atoms with E-state index in [4.69, 9.17) is 20.9 Å². The lowest BCUT2D eigenvalue weighted by Crippen LogP contribution is -2.12. The van der Waals surface area contributed by atoms with E-state index >= 15 is 0 Å². The van der Waals surface area contributed by atoms with Crippen molar-refractivity contribution in [3.63, 3.8) is 0 Å². The molecular weight excluding hydrogens is 386 g/mol. The number of rotatable bonds is 6. The standard InChI is InChI=1S/C19H16ClN3O5/c1-11-21-17(23-28-11)10-27-14-6-3-12(4-7-14)18(24)22-13-5-8-16(20)15(9-13)19(25)26-2/h3-9H,10H2,1-2H3,(H,22,24). The number of halogens is 1. The number of aryl methyl sites for hydroxylation is 1. The van der Waals surface area contributed by atoms with Crippen LogP contribution in [0.1, 0.15) is 32.4 Å². The second-order valence-electron chi connectivity index (χ2n) is 5.68. The average molecular weight is 402 g/mol. The largest absolute Gasteiger partial charge is 0.485 e. The molecule has 2 aromatic carbocycles. The number of nitrogens with one attached hydrogen (secondary N) is 1. The van der Waals surface area contributed by atoms with Gasteiger partial charge in [0.25, 0.3) is 5.91 Å². The van der Waals surface area contributed by atoms with Crippen LogP contribution in [0.4, 0.5) is 5.69 Å². The molecule has 1 amide bonds. The number of ether oxygens (including phenoxy) is 2. The molecule has 0 spiro atoms. The fourth-order valence-electron chi connectivity index (χ4n) is 2.32. The number of benzene rings is 2. The molecule has 0 unspecified atom stereocenters. The lowest BCUT2D eigenvalue weighted by Gasteiger charge is -2.09. The van der Waals surface area contributed by atoms with E-state index in [-0.39, 0.29) is 23.1 Å². The van der Waals surface area contributed by atoms with Crippen LogP contribution in [0.15, 0.2) is 47.0 Å². The van der Waals surface area contributed by atoms with E-state index in [1.165, 1.54) is 19.2 Å². The SMILES string of the molecule is COC(=O)c1cc(NC(=O)c2ccc(OCc3noc(C)n3)cc2)ccc1Cl. The molecule has 144 valence electrons. The highest BCUT2D eigenvalue weighted by atomic mass is 35.5. The normalized spacial score (nSPS) is 10.4. The molecule has 3 rings (SSSR count). The summed E-state index contributed by atoms with van der Waals surface area (Å²) in [5.74, 6) is 0.517. The van der Waals surface area contributed by atoms with Crippen LogP contribution in [0.5, 0.6) is 5.75 Å². The maximum atomic E-state index is 12.4. The predicted molar refractivity (Wildman–Crippen MR) is 101 cm³/mol. The van der Waals surface area contributed by atoms with Crippen molar-refractivity contribution in [2.24, 2.45) is 0 Å². The minimum absolute atomic E-state index is 0.157. The summed E-state index contributed by atoms with van der Waals surface area (Å²) < 4.78 is 15.1. The van der Waals surface area contributed by atoms with Crippen LogP contribution in [-0.2, 0) is 11.3 Å². The van der Waals surface area contributed by atoms with Crippen molar-refractivity contribution < 1.29 is 23.6 Å². The summed E-state index contributed by atoms with van der Waals surface area (Å²) in [6.45, 7) is 1.85. The van der Waals surface area contributed by atoms with Crippen LogP contribution in [-0.4, -0.2) is 29.1 Å². The molecule has 9 heteroatoms. The van der Waals surface area contributed by atoms with E-state index in [0.29, 0.717) is 28.7 Å². The zero-order valence-corrected chi connectivity index (χ0v) is 15.8. The Kier molecular flexibility index (Phi) is 5.90. The first-order valence-corrected chi connectivity index (χ1v) is 8.55. The van der Waals surface area contributed by atoms with Crippen molar-refractivity contribution in [1.29, 1.82) is 0 Å². The highest BCUT2D eigenvalue weighted by Crippen LogP contribution is 2.22. The summed E-state index contributed by atoms with van der Waals surface area (Å²) in [5.41, 5.74) is 1.00. The molecular formula is C19H16ClN3O5. The predicted octanol–water partition coefficient (Wildman–Crippen LogP) is 3.65. The summed E-state index contributed by atoms with van der Waals surface area (Å²) >= 11 is 5.97. The van der Waals surface area contributed by atoms with E-state index in [1.807, 2.05) is 0 Å². The molecule has 0 radical (unpaired) electrons. The minimum Gasteiger partial charge on any atom is -0.485 e. The van der Waals surface area contributed by atoms with Crippen molar-refractivity contribution in [3.8, 4) is 5.75 Å². The van der Waals surface area contributed by atoms with Gasteiger partial charge in [-0.2, -0.15) is 4.98 Å². The topological polar surface area (TPSA) is 104 Å². The second kappa shape index (κ2) is 8.53. The number of amides is 1. The third-order valence-corrected chi connectivity index (χ3v) is 4.01. The number of anilines is 1. The average Bonchev–Trinajstić information content (AvgIpc) is 3.12. The molecule has 0 aliphatic heterocycles. The molecule has 1 aromatic heterocycles. The maximum Gasteiger partial charge on any atom is 0.339 e. The second-order valence-corrected chi connectivity index (χ2v) is 6.09. The summed E-state index contributed by atoms with van der Waals surface area (Å²) in [7, 11) is 1.26. The quantitative estimate of drug-likeness (QED) is 0.628. The van der Waals surface area contributed by atoms with Crippen LogP contribution in [0.2, 0.25) is 5.02 Å². The number of hydrogen-bond donors (Lipinski definition) is 1. The van der Waals surface area contributed by atoms with Crippen molar-refractivity contribution in [1.82, 2.24) is 10.1 Å². The molecule has 0 fully saturated rings. The monoisotopic (exact) mass is 401 g/mol. The first-order chi connectivity index (χ1) is 13.5. The lowest BCUT2D eigenvalue weighted by atomic mass is 10.1. The summed E-state index contributed by atoms with van der Waals surface area (Å²) in [4.78, 5) is 28.1. The first-order valence-electron chi connectivity index (χ1n) is 8.17. The number of carbonyl (C=O) groups excluding carboxylic acids is 2. The van der Waals surface area contributed by atoms with Gasteiger partial charge in [0.15, 0.2) is 6.61 Å². The molecule has 0 saturated heterocycles. The van der Waals surface area contributed by atoms with Crippen LogP contribution in [0.3, 0.4) is 0 Å². The van der Waals surface area contributed by atoms with Crippen molar-refractivity contribution in [2.75, 3.05) is 12.4 Å². The maximum absolute atomic E-state index is 12.4. The van der Waals surface area contributed by atoms with Crippen LogP contribution in [0.25, 0.3) is 0 Å². The Labute approximate surface area is 165 Å². The number of esters is 1. The zero-order chi connectivity index (χ0) is 20.1. The van der Waals surface area contributed by atoms with Crippen molar-refractivity contribution in [3.05, 3.63) is 70.3 Å². The summed E-state index contributed by atoms with van der Waals surface area (Å²) in [5, 5.41) is 6.68. The molecule has 1 N–H and O–H groups in total. The molecule has 8 nitrogen and oxygen atoms in total. The van der Waals surface area contributed by atoms with Gasteiger partial charge in [-0.05, 0) is 42.5 Å². The summed E-state index contributed by atoms with van der Waals surface area (Å²) in [6, 6.07) is 11.1. The zero-order valence-electron chi connectivity index (χ0n) is 15.1. The molecule has 1 heterocycles. The fourth-order valence-corrected chi connectivity index (χ4v) is 2.52. The van der Waals surface area contributed by atoms with Gasteiger partial charge in [0.2, 0.25) is 11.7 Å². The number of aromatic nitrogens is 2. The van der Waals surface area contributed by atoms with E-state index < -0.39 is 5.97 Å². The Morgan fingerprint density at radius 2 is 1.93 bits per heavy atom. The van der Waals surface area contributed by atoms with Crippen LogP contribution >= 0.6 is 11.6 Å². The number of hydrogen-bond acceptors (Lipinski definition) is 7. The van der Waals surface area contributed by atoms with Crippen molar-refractivity contribution >= 4 is 29.2 Å². The van der Waals surface area contributed by atoms with Gasteiger partial charge >= 0.3 is 5.97 Å². The molecule has 3 aromatic rings. The molecule has 0 bridgehead atoms. The fraction of sp³-hybridized carbons (Fsp3) is 0.158. The van der Waals surface area contributed by atoms with E-state index in [1.54, 1.807) is 37.3 Å². The number of methoxy groups -OCH3 is 1. The van der Waals surface area contributed by atoms with Crippen LogP contribution in [0, 0.1) is 6.92 Å². The van der Waals surface area contributed by atoms with Crippen molar-refractivity contribution in [2.45, 2.75) is 13.5 Å². The van der Waals surface area contributed by atoms with Gasteiger partial charge in [-0.1, -0.05) is 16.8 Å². The summed E-state index contributed by atoms with van der Waals surface area (Å²) in [6.07, 6.45) is 0. The first kappa shape index (κ1) is 19.4. The molecule has 0 aliphatic carbocycles. The highest BCUT2D eigenvalue weighted by molar-refractivity contribution is 6.33. The Morgan fingerprint density at radius 3 is 2.57 bits per heavy atom. The lowest BCUT2D eigenvalue weighted by molar-refractivity contribution is 0.0600. The van der Waals surface area contributed by atoms with Gasteiger partial charge in [0.1, 0.15) is 5.75 Å². The van der Waals surface area contributed by atoms with Gasteiger partial charge in [0, 0.05) is 18.2 Å². The van der Waals surface area contributed by atoms with E-state index in [0.717, 1.165) is 0 Å².